The third-order valence-electron chi connectivity index (χ3n) is 6.06. The van der Waals surface area contributed by atoms with Crippen LogP contribution < -0.4 is 19.5 Å². The molecule has 35 heavy (non-hydrogen) atoms. The summed E-state index contributed by atoms with van der Waals surface area (Å²) in [5, 5.41) is 2.97. The van der Waals surface area contributed by atoms with E-state index in [1.165, 1.54) is 31.0 Å². The van der Waals surface area contributed by atoms with Gasteiger partial charge < -0.3 is 14.8 Å². The van der Waals surface area contributed by atoms with Crippen molar-refractivity contribution in [2.24, 2.45) is 0 Å². The van der Waals surface area contributed by atoms with Crippen LogP contribution in [0.2, 0.25) is 0 Å². The molecule has 0 spiro atoms. The Kier molecular flexibility index (Phi) is 7.60. The van der Waals surface area contributed by atoms with Crippen LogP contribution in [0, 0.1) is 0 Å². The zero-order valence-corrected chi connectivity index (χ0v) is 20.7. The lowest BCUT2D eigenvalue weighted by Crippen LogP contribution is -2.26. The molecule has 1 amide bonds. The molecule has 2 N–H and O–H groups in total. The Balaban J connectivity index is 1.44. The molecule has 1 unspecified atom stereocenters. The van der Waals surface area contributed by atoms with Gasteiger partial charge in [-0.1, -0.05) is 30.3 Å². The van der Waals surface area contributed by atoms with E-state index in [0.29, 0.717) is 22.7 Å². The molecule has 1 aliphatic rings. The number of carbonyl (C=O) groups excluding carboxylic acids is 1. The molecule has 0 aliphatic heterocycles. The molecule has 3 aromatic rings. The summed E-state index contributed by atoms with van der Waals surface area (Å²) in [5.41, 5.74) is 1.53. The maximum atomic E-state index is 12.9. The van der Waals surface area contributed by atoms with Crippen LogP contribution in [0.15, 0.2) is 77.7 Å². The summed E-state index contributed by atoms with van der Waals surface area (Å²) in [7, 11) is -2.15. The minimum atomic E-state index is -3.75. The number of methoxy groups -OCH3 is 1. The minimum absolute atomic E-state index is 0.151. The number of hydrogen-bond acceptors (Lipinski definition) is 5. The number of amides is 1. The summed E-state index contributed by atoms with van der Waals surface area (Å²) in [6, 6.07) is 19.9. The lowest BCUT2D eigenvalue weighted by molar-refractivity contribution is 0.0940. The third-order valence-corrected chi connectivity index (χ3v) is 7.46. The van der Waals surface area contributed by atoms with Gasteiger partial charge in [-0.05, 0) is 80.6 Å². The maximum absolute atomic E-state index is 12.9. The van der Waals surface area contributed by atoms with E-state index >= 15 is 0 Å². The van der Waals surface area contributed by atoms with E-state index in [1.807, 2.05) is 25.1 Å². The van der Waals surface area contributed by atoms with Crippen molar-refractivity contribution in [1.29, 1.82) is 0 Å². The molecule has 3 aromatic carbocycles. The van der Waals surface area contributed by atoms with Crippen molar-refractivity contribution in [2.45, 2.75) is 49.6 Å². The molecule has 7 nitrogen and oxygen atoms in total. The average Bonchev–Trinajstić information content (AvgIpc) is 3.38. The zero-order chi connectivity index (χ0) is 24.8. The van der Waals surface area contributed by atoms with Gasteiger partial charge in [0, 0.05) is 11.3 Å². The van der Waals surface area contributed by atoms with E-state index in [-0.39, 0.29) is 22.9 Å². The highest BCUT2D eigenvalue weighted by atomic mass is 32.2. The van der Waals surface area contributed by atoms with Gasteiger partial charge in [0.25, 0.3) is 15.9 Å². The Morgan fingerprint density at radius 2 is 1.69 bits per heavy atom. The lowest BCUT2D eigenvalue weighted by Gasteiger charge is -2.19. The smallest absolute Gasteiger partial charge is 0.261 e. The molecule has 1 saturated carbocycles. The quantitative estimate of drug-likeness (QED) is 0.421. The van der Waals surface area contributed by atoms with Crippen LogP contribution in [0.4, 0.5) is 5.69 Å². The summed E-state index contributed by atoms with van der Waals surface area (Å²) in [4.78, 5) is 13.1. The normalized spacial score (nSPS) is 14.8. The van der Waals surface area contributed by atoms with Crippen molar-refractivity contribution < 1.29 is 22.7 Å². The molecule has 8 heteroatoms. The standard InChI is InChI=1S/C27H30N2O5S/c1-19(20-15-16-25(26(18-20)33-2)34-23-11-6-7-12-23)28-27(30)21-9-8-10-22(17-21)29-35(31,32)24-13-4-3-5-14-24/h3-5,8-10,13-19,23,29H,6-7,11-12H2,1-2H3,(H,28,30). The van der Waals surface area contributed by atoms with Gasteiger partial charge >= 0.3 is 0 Å². The monoisotopic (exact) mass is 494 g/mol. The van der Waals surface area contributed by atoms with Crippen molar-refractivity contribution in [3.05, 3.63) is 83.9 Å². The SMILES string of the molecule is COc1cc(C(C)NC(=O)c2cccc(NS(=O)(=O)c3ccccc3)c2)ccc1OC1CCCC1. The van der Waals surface area contributed by atoms with E-state index in [2.05, 4.69) is 10.0 Å². The first kappa shape index (κ1) is 24.6. The summed E-state index contributed by atoms with van der Waals surface area (Å²) < 4.78 is 39.4. The Hall–Kier alpha value is -3.52. The second kappa shape index (κ2) is 10.8. The predicted octanol–water partition coefficient (Wildman–Crippen LogP) is 5.31. The number of anilines is 1. The number of hydrogen-bond donors (Lipinski definition) is 2. The van der Waals surface area contributed by atoms with Gasteiger partial charge in [-0.2, -0.15) is 0 Å². The van der Waals surface area contributed by atoms with Gasteiger partial charge in [0.05, 0.1) is 24.2 Å². The van der Waals surface area contributed by atoms with E-state index in [1.54, 1.807) is 43.5 Å². The fourth-order valence-electron chi connectivity index (χ4n) is 4.14. The Morgan fingerprint density at radius 1 is 0.943 bits per heavy atom. The molecule has 0 heterocycles. The highest BCUT2D eigenvalue weighted by molar-refractivity contribution is 7.92. The van der Waals surface area contributed by atoms with Crippen molar-refractivity contribution >= 4 is 21.6 Å². The number of sulfonamides is 1. The second-order valence-corrected chi connectivity index (χ2v) is 10.3. The van der Waals surface area contributed by atoms with Crippen LogP contribution in [-0.2, 0) is 10.0 Å². The lowest BCUT2D eigenvalue weighted by atomic mass is 10.1. The molecule has 0 saturated heterocycles. The molecule has 0 bridgehead atoms. The highest BCUT2D eigenvalue weighted by Gasteiger charge is 2.20. The van der Waals surface area contributed by atoms with Gasteiger partial charge in [0.2, 0.25) is 0 Å². The van der Waals surface area contributed by atoms with Crippen LogP contribution in [0.25, 0.3) is 0 Å². The molecule has 184 valence electrons. The highest BCUT2D eigenvalue weighted by Crippen LogP contribution is 2.33. The third kappa shape index (κ3) is 6.14. The number of carbonyl (C=O) groups is 1. The van der Waals surface area contributed by atoms with E-state index < -0.39 is 10.0 Å². The van der Waals surface area contributed by atoms with Gasteiger partial charge in [0.1, 0.15) is 0 Å². The average molecular weight is 495 g/mol. The minimum Gasteiger partial charge on any atom is -0.493 e. The molecule has 1 fully saturated rings. The fraction of sp³-hybridized carbons (Fsp3) is 0.296. The summed E-state index contributed by atoms with van der Waals surface area (Å²) in [6.07, 6.45) is 4.69. The number of benzene rings is 3. The summed E-state index contributed by atoms with van der Waals surface area (Å²) in [6.45, 7) is 1.88. The first-order valence-corrected chi connectivity index (χ1v) is 13.2. The van der Waals surface area contributed by atoms with E-state index in [0.717, 1.165) is 18.4 Å². The largest absolute Gasteiger partial charge is 0.493 e. The van der Waals surface area contributed by atoms with Crippen molar-refractivity contribution in [3.63, 3.8) is 0 Å². The van der Waals surface area contributed by atoms with Crippen LogP contribution in [0.5, 0.6) is 11.5 Å². The van der Waals surface area contributed by atoms with Gasteiger partial charge in [-0.15, -0.1) is 0 Å². The molecule has 4 rings (SSSR count). The zero-order valence-electron chi connectivity index (χ0n) is 19.9. The molecule has 0 aromatic heterocycles. The molecule has 0 radical (unpaired) electrons. The fourth-order valence-corrected chi connectivity index (χ4v) is 5.21. The van der Waals surface area contributed by atoms with Gasteiger partial charge in [-0.25, -0.2) is 8.42 Å². The molecule has 1 atom stereocenters. The molecule has 1 aliphatic carbocycles. The van der Waals surface area contributed by atoms with Crippen LogP contribution >= 0.6 is 0 Å². The van der Waals surface area contributed by atoms with Crippen LogP contribution in [0.3, 0.4) is 0 Å². The van der Waals surface area contributed by atoms with Crippen LogP contribution in [0.1, 0.15) is 54.6 Å². The number of nitrogens with one attached hydrogen (secondary N) is 2. The summed E-state index contributed by atoms with van der Waals surface area (Å²) >= 11 is 0. The number of rotatable bonds is 9. The van der Waals surface area contributed by atoms with E-state index in [9.17, 15) is 13.2 Å². The first-order valence-electron chi connectivity index (χ1n) is 11.7. The Labute approximate surface area is 206 Å². The molecular formula is C27H30N2O5S. The number of ether oxygens (including phenoxy) is 2. The second-order valence-electron chi connectivity index (χ2n) is 8.63. The van der Waals surface area contributed by atoms with Gasteiger partial charge in [0.15, 0.2) is 11.5 Å². The Morgan fingerprint density at radius 3 is 2.40 bits per heavy atom. The van der Waals surface area contributed by atoms with E-state index in [4.69, 9.17) is 9.47 Å². The predicted molar refractivity (Wildman–Crippen MR) is 135 cm³/mol. The van der Waals surface area contributed by atoms with Crippen molar-refractivity contribution in [2.75, 3.05) is 11.8 Å². The topological polar surface area (TPSA) is 93.7 Å². The maximum Gasteiger partial charge on any atom is 0.261 e. The van der Waals surface area contributed by atoms with Crippen molar-refractivity contribution in [1.82, 2.24) is 5.32 Å². The summed E-state index contributed by atoms with van der Waals surface area (Å²) in [5.74, 6) is 1.02. The Bertz CT molecular complexity index is 1270. The molecular weight excluding hydrogens is 464 g/mol. The van der Waals surface area contributed by atoms with Gasteiger partial charge in [-0.3, -0.25) is 9.52 Å². The van der Waals surface area contributed by atoms with Crippen molar-refractivity contribution in [3.8, 4) is 11.5 Å². The van der Waals surface area contributed by atoms with Crippen LogP contribution in [-0.4, -0.2) is 27.5 Å². The first-order chi connectivity index (χ1) is 16.9.